The van der Waals surface area contributed by atoms with Crippen LogP contribution in [0.2, 0.25) is 0 Å². The highest BCUT2D eigenvalue weighted by atomic mass is 31.2. The van der Waals surface area contributed by atoms with Gasteiger partial charge in [0.2, 0.25) is 7.37 Å². The summed E-state index contributed by atoms with van der Waals surface area (Å²) in [6, 6.07) is 9.57. The Balaban J connectivity index is 2.11. The highest BCUT2D eigenvalue weighted by molar-refractivity contribution is 7.60. The van der Waals surface area contributed by atoms with Crippen LogP contribution in [0.3, 0.4) is 0 Å². The predicted octanol–water partition coefficient (Wildman–Crippen LogP) is 4.87. The molecule has 1 aromatic carbocycles. The first-order chi connectivity index (χ1) is 11.4. The van der Waals surface area contributed by atoms with E-state index >= 15 is 0 Å². The van der Waals surface area contributed by atoms with Crippen LogP contribution in [0.15, 0.2) is 30.3 Å². The zero-order valence-corrected chi connectivity index (χ0v) is 15.8. The molecule has 1 saturated heterocycles. The quantitative estimate of drug-likeness (QED) is 0.560. The van der Waals surface area contributed by atoms with Crippen molar-refractivity contribution in [3.05, 3.63) is 35.9 Å². The number of hydrogen-bond donors (Lipinski definition) is 0. The van der Waals surface area contributed by atoms with Gasteiger partial charge >= 0.3 is 5.97 Å². The Labute approximate surface area is 145 Å². The van der Waals surface area contributed by atoms with Crippen molar-refractivity contribution < 1.29 is 18.6 Å². The molecule has 5 heteroatoms. The molecule has 1 aliphatic rings. The lowest BCUT2D eigenvalue weighted by Gasteiger charge is -2.32. The SMILES string of the molecule is CCOP1(=O)CCC(C)CC(C)CC1C(=O)OCc1ccccc1. The van der Waals surface area contributed by atoms with E-state index in [9.17, 15) is 9.36 Å². The molecule has 0 amide bonds. The van der Waals surface area contributed by atoms with Gasteiger partial charge in [-0.1, -0.05) is 44.2 Å². The number of esters is 1. The van der Waals surface area contributed by atoms with E-state index in [0.29, 0.717) is 31.0 Å². The Bertz CT molecular complexity index is 572. The number of ether oxygens (including phenoxy) is 1. The maximum absolute atomic E-state index is 13.4. The summed E-state index contributed by atoms with van der Waals surface area (Å²) in [4.78, 5) is 12.7. The van der Waals surface area contributed by atoms with Crippen molar-refractivity contribution in [3.8, 4) is 0 Å². The number of benzene rings is 1. The van der Waals surface area contributed by atoms with Gasteiger partial charge in [-0.05, 0) is 43.6 Å². The number of carbonyl (C=O) groups excluding carboxylic acids is 1. The Kier molecular flexibility index (Phi) is 7.06. The van der Waals surface area contributed by atoms with E-state index in [0.717, 1.165) is 18.4 Å². The summed E-state index contributed by atoms with van der Waals surface area (Å²) in [7, 11) is -3.02. The van der Waals surface area contributed by atoms with Gasteiger partial charge in [0.1, 0.15) is 12.3 Å². The summed E-state index contributed by atoms with van der Waals surface area (Å²) in [5.74, 6) is 0.468. The van der Waals surface area contributed by atoms with Crippen molar-refractivity contribution in [1.82, 2.24) is 0 Å². The van der Waals surface area contributed by atoms with Gasteiger partial charge in [-0.2, -0.15) is 0 Å². The first kappa shape index (κ1) is 19.2. The van der Waals surface area contributed by atoms with Crippen LogP contribution in [0.1, 0.15) is 45.6 Å². The zero-order valence-electron chi connectivity index (χ0n) is 14.9. The van der Waals surface area contributed by atoms with Crippen LogP contribution in [-0.2, 0) is 25.2 Å². The standard InChI is InChI=1S/C19H29O4P/c1-4-23-24(21)11-10-15(2)12-16(3)13-18(24)19(20)22-14-17-8-6-5-7-9-17/h5-9,15-16,18H,4,10-14H2,1-3H3. The van der Waals surface area contributed by atoms with Crippen LogP contribution in [0.5, 0.6) is 0 Å². The van der Waals surface area contributed by atoms with Crippen LogP contribution < -0.4 is 0 Å². The van der Waals surface area contributed by atoms with E-state index in [1.165, 1.54) is 0 Å². The fourth-order valence-corrected chi connectivity index (χ4v) is 6.39. The molecule has 2 rings (SSSR count). The highest BCUT2D eigenvalue weighted by Gasteiger charge is 2.42. The van der Waals surface area contributed by atoms with E-state index in [2.05, 4.69) is 13.8 Å². The second-order valence-corrected chi connectivity index (χ2v) is 9.73. The smallest absolute Gasteiger partial charge is 0.319 e. The summed E-state index contributed by atoms with van der Waals surface area (Å²) in [5.41, 5.74) is 0.299. The van der Waals surface area contributed by atoms with E-state index < -0.39 is 13.0 Å². The molecule has 0 aromatic heterocycles. The van der Waals surface area contributed by atoms with Crippen LogP contribution in [-0.4, -0.2) is 24.4 Å². The molecule has 0 spiro atoms. The van der Waals surface area contributed by atoms with Gasteiger partial charge in [-0.3, -0.25) is 9.36 Å². The molecule has 1 aromatic rings. The third-order valence-electron chi connectivity index (χ3n) is 4.68. The van der Waals surface area contributed by atoms with Crippen LogP contribution in [0.25, 0.3) is 0 Å². The normalized spacial score (nSPS) is 31.0. The summed E-state index contributed by atoms with van der Waals surface area (Å²) < 4.78 is 24.5. The van der Waals surface area contributed by atoms with E-state index in [1.807, 2.05) is 37.3 Å². The molecule has 4 unspecified atom stereocenters. The molecule has 0 saturated carbocycles. The lowest BCUT2D eigenvalue weighted by molar-refractivity contribution is -0.145. The monoisotopic (exact) mass is 352 g/mol. The molecule has 24 heavy (non-hydrogen) atoms. The number of carbonyl (C=O) groups is 1. The first-order valence-electron chi connectivity index (χ1n) is 8.88. The average molecular weight is 352 g/mol. The van der Waals surface area contributed by atoms with Crippen molar-refractivity contribution >= 4 is 13.3 Å². The molecule has 4 nitrogen and oxygen atoms in total. The minimum Gasteiger partial charge on any atom is -0.460 e. The van der Waals surface area contributed by atoms with Crippen LogP contribution in [0, 0.1) is 11.8 Å². The molecule has 0 bridgehead atoms. The van der Waals surface area contributed by atoms with Gasteiger partial charge in [0, 0.05) is 6.16 Å². The highest BCUT2D eigenvalue weighted by Crippen LogP contribution is 2.56. The lowest BCUT2D eigenvalue weighted by Crippen LogP contribution is -2.30. The van der Waals surface area contributed by atoms with Gasteiger partial charge < -0.3 is 9.26 Å². The van der Waals surface area contributed by atoms with Crippen molar-refractivity contribution in [2.24, 2.45) is 11.8 Å². The number of hydrogen-bond acceptors (Lipinski definition) is 4. The molecule has 1 aliphatic heterocycles. The van der Waals surface area contributed by atoms with Crippen molar-refractivity contribution in [2.75, 3.05) is 12.8 Å². The molecule has 1 fully saturated rings. The fourth-order valence-electron chi connectivity index (χ4n) is 3.45. The van der Waals surface area contributed by atoms with Crippen molar-refractivity contribution in [3.63, 3.8) is 0 Å². The van der Waals surface area contributed by atoms with Crippen LogP contribution >= 0.6 is 7.37 Å². The molecule has 134 valence electrons. The average Bonchev–Trinajstić information content (AvgIpc) is 2.56. The molecule has 0 radical (unpaired) electrons. The van der Waals surface area contributed by atoms with Crippen LogP contribution in [0.4, 0.5) is 0 Å². The molecule has 0 aliphatic carbocycles. The Morgan fingerprint density at radius 2 is 1.88 bits per heavy atom. The molecular formula is C19H29O4P. The first-order valence-corrected chi connectivity index (χ1v) is 10.8. The van der Waals surface area contributed by atoms with E-state index in [-0.39, 0.29) is 12.6 Å². The molecule has 4 atom stereocenters. The van der Waals surface area contributed by atoms with Crippen molar-refractivity contribution in [1.29, 1.82) is 0 Å². The van der Waals surface area contributed by atoms with Gasteiger partial charge in [0.05, 0.1) is 6.61 Å². The summed E-state index contributed by atoms with van der Waals surface area (Å²) in [6.45, 7) is 6.71. The van der Waals surface area contributed by atoms with Crippen molar-refractivity contribution in [2.45, 2.75) is 52.3 Å². The van der Waals surface area contributed by atoms with Gasteiger partial charge in [-0.15, -0.1) is 0 Å². The topological polar surface area (TPSA) is 52.6 Å². The maximum Gasteiger partial charge on any atom is 0.319 e. The largest absolute Gasteiger partial charge is 0.460 e. The van der Waals surface area contributed by atoms with E-state index in [1.54, 1.807) is 0 Å². The third-order valence-corrected chi connectivity index (χ3v) is 7.63. The predicted molar refractivity (Wildman–Crippen MR) is 96.3 cm³/mol. The molecule has 1 heterocycles. The maximum atomic E-state index is 13.4. The van der Waals surface area contributed by atoms with Gasteiger partial charge in [-0.25, -0.2) is 0 Å². The summed E-state index contributed by atoms with van der Waals surface area (Å²) >= 11 is 0. The number of rotatable bonds is 5. The minimum atomic E-state index is -3.02. The zero-order chi connectivity index (χ0) is 17.6. The van der Waals surface area contributed by atoms with Gasteiger partial charge in [0.15, 0.2) is 0 Å². The van der Waals surface area contributed by atoms with E-state index in [4.69, 9.17) is 9.26 Å². The lowest BCUT2D eigenvalue weighted by atomic mass is 9.91. The second-order valence-electron chi connectivity index (χ2n) is 6.95. The molecular weight excluding hydrogens is 323 g/mol. The third kappa shape index (κ3) is 5.19. The second kappa shape index (κ2) is 8.82. The Hall–Kier alpha value is -1.12. The van der Waals surface area contributed by atoms with Gasteiger partial charge in [0.25, 0.3) is 0 Å². The Morgan fingerprint density at radius 3 is 2.54 bits per heavy atom. The minimum absolute atomic E-state index is 0.215. The summed E-state index contributed by atoms with van der Waals surface area (Å²) in [5, 5.41) is 0. The fraction of sp³-hybridized carbons (Fsp3) is 0.632. The molecule has 0 N–H and O–H groups in total. The Morgan fingerprint density at radius 1 is 1.17 bits per heavy atom. The summed E-state index contributed by atoms with van der Waals surface area (Å²) in [6.07, 6.45) is 2.94.